The highest BCUT2D eigenvalue weighted by molar-refractivity contribution is 7.19. The highest BCUT2D eigenvalue weighted by Gasteiger charge is 2.08. The Balaban J connectivity index is 1.73. The number of nitrogens with zero attached hydrogens (tertiary/aromatic N) is 2. The second kappa shape index (κ2) is 6.26. The number of pyridine rings is 1. The summed E-state index contributed by atoms with van der Waals surface area (Å²) in [4.78, 5) is 8.85. The van der Waals surface area contributed by atoms with E-state index >= 15 is 0 Å². The van der Waals surface area contributed by atoms with Crippen LogP contribution in [0.1, 0.15) is 22.7 Å². The summed E-state index contributed by atoms with van der Waals surface area (Å²) in [5, 5.41) is 1.86. The largest absolute Gasteiger partial charge is 0.248 e. The fourth-order valence-corrected chi connectivity index (χ4v) is 3.33. The Kier molecular flexibility index (Phi) is 4.19. The smallest absolute Gasteiger partial charge is 0.113 e. The van der Waals surface area contributed by atoms with Crippen LogP contribution in [-0.2, 0) is 6.42 Å². The van der Waals surface area contributed by atoms with Crippen LogP contribution in [0.25, 0.3) is 10.2 Å². The van der Waals surface area contributed by atoms with E-state index in [-0.39, 0.29) is 0 Å². The predicted molar refractivity (Wildman–Crippen MR) is 88.8 cm³/mol. The second-order valence-corrected chi connectivity index (χ2v) is 6.16. The zero-order valence-corrected chi connectivity index (χ0v) is 13.1. The molecule has 0 spiro atoms. The van der Waals surface area contributed by atoms with E-state index in [1.807, 2.05) is 30.3 Å². The number of rotatable bonds is 2. The van der Waals surface area contributed by atoms with E-state index in [1.165, 1.54) is 0 Å². The maximum atomic E-state index is 6.22. The summed E-state index contributed by atoms with van der Waals surface area (Å²) >= 11 is 7.88. The number of hydrogen-bond acceptors (Lipinski definition) is 3. The van der Waals surface area contributed by atoms with Gasteiger partial charge in [-0.05, 0) is 36.6 Å². The molecule has 2 aromatic heterocycles. The van der Waals surface area contributed by atoms with Crippen LogP contribution in [0, 0.1) is 18.8 Å². The Bertz CT molecular complexity index is 789. The van der Waals surface area contributed by atoms with E-state index in [4.69, 9.17) is 11.6 Å². The average Bonchev–Trinajstić information content (AvgIpc) is 2.94. The van der Waals surface area contributed by atoms with Gasteiger partial charge in [-0.3, -0.25) is 0 Å². The van der Waals surface area contributed by atoms with Crippen LogP contribution in [0.4, 0.5) is 0 Å². The first-order valence-corrected chi connectivity index (χ1v) is 7.88. The number of halogens is 1. The normalized spacial score (nSPS) is 10.4. The van der Waals surface area contributed by atoms with Crippen molar-refractivity contribution in [2.45, 2.75) is 19.8 Å². The summed E-state index contributed by atoms with van der Waals surface area (Å²) in [6.07, 6.45) is 3.37. The summed E-state index contributed by atoms with van der Waals surface area (Å²) in [5.41, 5.74) is 2.98. The Morgan fingerprint density at radius 2 is 2.14 bits per heavy atom. The van der Waals surface area contributed by atoms with Gasteiger partial charge < -0.3 is 0 Å². The molecule has 0 aliphatic rings. The average molecular weight is 313 g/mol. The van der Waals surface area contributed by atoms with Gasteiger partial charge in [0.25, 0.3) is 0 Å². The molecule has 3 rings (SSSR count). The van der Waals surface area contributed by atoms with Crippen molar-refractivity contribution in [3.05, 3.63) is 57.8 Å². The third-order valence-corrected chi connectivity index (χ3v) is 4.66. The molecular weight excluding hydrogens is 300 g/mol. The number of benzene rings is 1. The van der Waals surface area contributed by atoms with Gasteiger partial charge in [-0.15, -0.1) is 11.3 Å². The van der Waals surface area contributed by atoms with Crippen LogP contribution in [0.3, 0.4) is 0 Å². The molecule has 3 aromatic rings. The summed E-state index contributed by atoms with van der Waals surface area (Å²) < 4.78 is 1.07. The lowest BCUT2D eigenvalue weighted by Gasteiger charge is -1.94. The van der Waals surface area contributed by atoms with Crippen molar-refractivity contribution < 1.29 is 0 Å². The molecule has 0 saturated carbocycles. The van der Waals surface area contributed by atoms with Crippen LogP contribution in [0.5, 0.6) is 0 Å². The molecule has 104 valence electrons. The minimum Gasteiger partial charge on any atom is -0.248 e. The van der Waals surface area contributed by atoms with Gasteiger partial charge in [-0.1, -0.05) is 29.7 Å². The molecule has 2 heterocycles. The predicted octanol–water partition coefficient (Wildman–Crippen LogP) is 4.64. The molecule has 0 aliphatic carbocycles. The number of fused-ring (bicyclic) bond motifs is 1. The lowest BCUT2D eigenvalue weighted by atomic mass is 10.2. The Morgan fingerprint density at radius 3 is 2.90 bits per heavy atom. The quantitative estimate of drug-likeness (QED) is 0.644. The molecule has 4 heteroatoms. The zero-order valence-electron chi connectivity index (χ0n) is 11.6. The maximum Gasteiger partial charge on any atom is 0.113 e. The summed E-state index contributed by atoms with van der Waals surface area (Å²) in [6.45, 7) is 2.06. The third-order valence-electron chi connectivity index (χ3n) is 3.09. The molecule has 0 saturated heterocycles. The fourth-order valence-electron chi connectivity index (χ4n) is 2.01. The molecule has 0 N–H and O–H groups in total. The third kappa shape index (κ3) is 3.24. The SMILES string of the molecule is Cc1ccc(Cl)c2sc(CCC#Cc3ccccn3)nc12. The molecule has 1 aromatic carbocycles. The van der Waals surface area contributed by atoms with E-state index in [1.54, 1.807) is 17.5 Å². The second-order valence-electron chi connectivity index (χ2n) is 4.67. The minimum absolute atomic E-state index is 0.771. The van der Waals surface area contributed by atoms with Gasteiger partial charge >= 0.3 is 0 Å². The van der Waals surface area contributed by atoms with Crippen LogP contribution in [0.2, 0.25) is 5.02 Å². The summed E-state index contributed by atoms with van der Waals surface area (Å²) in [5.74, 6) is 6.21. The molecule has 0 aliphatic heterocycles. The van der Waals surface area contributed by atoms with E-state index in [0.717, 1.165) is 44.3 Å². The highest BCUT2D eigenvalue weighted by Crippen LogP contribution is 2.31. The topological polar surface area (TPSA) is 25.8 Å². The van der Waals surface area contributed by atoms with Crippen LogP contribution >= 0.6 is 22.9 Å². The van der Waals surface area contributed by atoms with Gasteiger partial charge in [0.2, 0.25) is 0 Å². The van der Waals surface area contributed by atoms with Crippen LogP contribution in [0.15, 0.2) is 36.5 Å². The van der Waals surface area contributed by atoms with Crippen molar-refractivity contribution >= 4 is 33.2 Å². The monoisotopic (exact) mass is 312 g/mol. The molecule has 0 radical (unpaired) electrons. The van der Waals surface area contributed by atoms with Crippen molar-refractivity contribution in [1.82, 2.24) is 9.97 Å². The Morgan fingerprint density at radius 1 is 1.24 bits per heavy atom. The summed E-state index contributed by atoms with van der Waals surface area (Å²) in [6, 6.07) is 9.68. The van der Waals surface area contributed by atoms with E-state index in [0.29, 0.717) is 0 Å². The number of aromatic nitrogens is 2. The van der Waals surface area contributed by atoms with Crippen molar-refractivity contribution in [3.63, 3.8) is 0 Å². The fraction of sp³-hybridized carbons (Fsp3) is 0.176. The van der Waals surface area contributed by atoms with Gasteiger partial charge in [-0.25, -0.2) is 9.97 Å². The molecule has 0 unspecified atom stereocenters. The van der Waals surface area contributed by atoms with Crippen LogP contribution < -0.4 is 0 Å². The Hall–Kier alpha value is -1.89. The first kappa shape index (κ1) is 14.1. The molecule has 0 atom stereocenters. The first-order chi connectivity index (χ1) is 10.2. The molecule has 0 amide bonds. The Labute approximate surface area is 132 Å². The molecule has 0 bridgehead atoms. The maximum absolute atomic E-state index is 6.22. The van der Waals surface area contributed by atoms with Gasteiger partial charge in [0, 0.05) is 19.0 Å². The van der Waals surface area contributed by atoms with Crippen LogP contribution in [-0.4, -0.2) is 9.97 Å². The number of hydrogen-bond donors (Lipinski definition) is 0. The van der Waals surface area contributed by atoms with Crippen molar-refractivity contribution in [2.75, 3.05) is 0 Å². The van der Waals surface area contributed by atoms with E-state index in [9.17, 15) is 0 Å². The minimum atomic E-state index is 0.771. The molecule has 0 fully saturated rings. The van der Waals surface area contributed by atoms with Crippen molar-refractivity contribution in [2.24, 2.45) is 0 Å². The van der Waals surface area contributed by atoms with Gasteiger partial charge in [-0.2, -0.15) is 0 Å². The zero-order chi connectivity index (χ0) is 14.7. The lowest BCUT2D eigenvalue weighted by Crippen LogP contribution is -1.83. The first-order valence-electron chi connectivity index (χ1n) is 6.68. The number of aryl methyl sites for hydroxylation is 2. The standard InChI is InChI=1S/C17H13ClN2S/c1-12-9-10-14(18)17-16(12)20-15(21-17)8-3-2-6-13-7-4-5-11-19-13/h4-5,7,9-11H,3,8H2,1H3. The molecule has 21 heavy (non-hydrogen) atoms. The van der Waals surface area contributed by atoms with Gasteiger partial charge in [0.05, 0.1) is 20.2 Å². The van der Waals surface area contributed by atoms with Crippen molar-refractivity contribution in [3.8, 4) is 11.8 Å². The van der Waals surface area contributed by atoms with Gasteiger partial charge in [0.1, 0.15) is 5.69 Å². The number of thiazole rings is 1. The molecular formula is C17H13ClN2S. The van der Waals surface area contributed by atoms with E-state index < -0.39 is 0 Å². The van der Waals surface area contributed by atoms with Gasteiger partial charge in [0.15, 0.2) is 0 Å². The highest BCUT2D eigenvalue weighted by atomic mass is 35.5. The molecule has 2 nitrogen and oxygen atoms in total. The summed E-state index contributed by atoms with van der Waals surface area (Å²) in [7, 11) is 0. The van der Waals surface area contributed by atoms with Crippen molar-refractivity contribution in [1.29, 1.82) is 0 Å². The van der Waals surface area contributed by atoms with E-state index in [2.05, 4.69) is 28.7 Å². The lowest BCUT2D eigenvalue weighted by molar-refractivity contribution is 1.01.